The molecule has 34 heavy (non-hydrogen) atoms. The van der Waals surface area contributed by atoms with Gasteiger partial charge in [0.2, 0.25) is 0 Å². The summed E-state index contributed by atoms with van der Waals surface area (Å²) in [5, 5.41) is 33.0. The summed E-state index contributed by atoms with van der Waals surface area (Å²) in [7, 11) is -9.35. The Balaban J connectivity index is 2.20. The molecule has 0 atom stereocenters. The largest absolute Gasteiger partial charge is 0.507 e. The van der Waals surface area contributed by atoms with E-state index >= 15 is 0 Å². The van der Waals surface area contributed by atoms with Gasteiger partial charge in [-0.3, -0.25) is 9.11 Å². The van der Waals surface area contributed by atoms with Crippen molar-refractivity contribution >= 4 is 65.8 Å². The fraction of sp³-hybridized carbons (Fsp3) is 0.0588. The maximum Gasteiger partial charge on any atom is 0.296 e. The number of phenolic OH excluding ortho intramolecular Hbond substituents is 1. The minimum atomic E-state index is -4.71. The van der Waals surface area contributed by atoms with Crippen LogP contribution in [-0.2, 0) is 29.6 Å². The van der Waals surface area contributed by atoms with Crippen molar-refractivity contribution in [2.45, 2.75) is 9.79 Å². The van der Waals surface area contributed by atoms with Gasteiger partial charge < -0.3 is 16.2 Å². The third-order valence-corrected chi connectivity index (χ3v) is 6.39. The molecule has 0 aliphatic carbocycles. The van der Waals surface area contributed by atoms with E-state index in [9.17, 15) is 31.0 Å². The number of hydrogen-bond acceptors (Lipinski definition) is 13. The lowest BCUT2D eigenvalue weighted by Crippen LogP contribution is -2.01. The number of nitrogen functional groups attached to an aromatic ring is 1. The molecule has 3 rings (SSSR count). The molecular weight excluding hydrogens is 516 g/mol. The highest BCUT2D eigenvalue weighted by Crippen LogP contribution is 2.42. The lowest BCUT2D eigenvalue weighted by Gasteiger charge is -2.12. The first-order valence-corrected chi connectivity index (χ1v) is 12.6. The molecule has 14 nitrogen and oxygen atoms in total. The molecule has 7 N–H and O–H groups in total. The molecule has 0 radical (unpaired) electrons. The van der Waals surface area contributed by atoms with Gasteiger partial charge in [-0.15, -0.1) is 14.6 Å². The van der Waals surface area contributed by atoms with Crippen LogP contribution >= 0.6 is 12.0 Å². The van der Waals surface area contributed by atoms with E-state index in [1.54, 1.807) is 0 Å². The van der Waals surface area contributed by atoms with Crippen LogP contribution in [0.3, 0.4) is 0 Å². The van der Waals surface area contributed by atoms with Crippen LogP contribution in [0.15, 0.2) is 62.5 Å². The number of benzene rings is 3. The number of azo groups is 1. The monoisotopic (exact) mass is 532 g/mol. The summed E-state index contributed by atoms with van der Waals surface area (Å²) >= 11 is 0.637. The molecule has 3 aromatic carbocycles. The molecule has 0 fully saturated rings. The first-order chi connectivity index (χ1) is 15.9. The van der Waals surface area contributed by atoms with Gasteiger partial charge in [0.1, 0.15) is 22.0 Å². The average molecular weight is 533 g/mol. The molecule has 0 aliphatic rings. The summed E-state index contributed by atoms with van der Waals surface area (Å²) in [6.45, 7) is 0. The Morgan fingerprint density at radius 2 is 1.74 bits per heavy atom. The van der Waals surface area contributed by atoms with Crippen LogP contribution in [0.25, 0.3) is 10.8 Å². The van der Waals surface area contributed by atoms with E-state index in [-0.39, 0.29) is 39.4 Å². The van der Waals surface area contributed by atoms with E-state index in [1.165, 1.54) is 24.3 Å². The van der Waals surface area contributed by atoms with Crippen LogP contribution in [0.2, 0.25) is 0 Å². The predicted octanol–water partition coefficient (Wildman–Crippen LogP) is 3.48. The molecule has 3 aromatic rings. The third kappa shape index (κ3) is 5.90. The molecule has 0 spiro atoms. The number of phenols is 1. The molecule has 17 heteroatoms. The van der Waals surface area contributed by atoms with Crippen LogP contribution < -0.4 is 11.1 Å². The Kier molecular flexibility index (Phi) is 7.58. The standard InChI is InChI=1S/C17H16N4O10S3/c18-10-2-4-12(15(6-10)34(27,28)29)20-21-17-13(19-8-32-31-30-23)3-1-9-5-11(33(24,25)26)7-14(22)16(9)17/h1-7,19,22-23H,8,18H2,(H,24,25,26)(H,27,28,29). The number of nitrogens with one attached hydrogen (secondary N) is 1. The second-order valence-electron chi connectivity index (χ2n) is 6.46. The summed E-state index contributed by atoms with van der Waals surface area (Å²) in [4.78, 5) is -1.19. The van der Waals surface area contributed by atoms with Gasteiger partial charge in [-0.2, -0.15) is 16.8 Å². The number of nitrogens with zero attached hydrogens (tertiary/aromatic N) is 2. The number of nitrogens with two attached hydrogens (primary N) is 1. The molecular formula is C17H16N4O10S3. The second kappa shape index (κ2) is 10.1. The smallest absolute Gasteiger partial charge is 0.296 e. The first-order valence-electron chi connectivity index (χ1n) is 8.81. The zero-order valence-corrected chi connectivity index (χ0v) is 19.1. The quantitative estimate of drug-likeness (QED) is 0.0339. The zero-order valence-electron chi connectivity index (χ0n) is 16.7. The van der Waals surface area contributed by atoms with Crippen LogP contribution in [0.4, 0.5) is 22.7 Å². The normalized spacial score (nSPS) is 12.4. The van der Waals surface area contributed by atoms with E-state index in [1.807, 2.05) is 0 Å². The maximum absolute atomic E-state index is 11.7. The van der Waals surface area contributed by atoms with Gasteiger partial charge in [0.05, 0.1) is 33.9 Å². The summed E-state index contributed by atoms with van der Waals surface area (Å²) in [5.74, 6) is -0.603. The van der Waals surface area contributed by atoms with Gasteiger partial charge in [0.15, 0.2) is 0 Å². The van der Waals surface area contributed by atoms with Gasteiger partial charge in [-0.1, -0.05) is 11.1 Å². The van der Waals surface area contributed by atoms with E-state index in [0.29, 0.717) is 12.0 Å². The number of anilines is 2. The minimum Gasteiger partial charge on any atom is -0.507 e. The summed E-state index contributed by atoms with van der Waals surface area (Å²) in [5.41, 5.74) is 5.48. The summed E-state index contributed by atoms with van der Waals surface area (Å²) in [6.07, 6.45) is 0. The van der Waals surface area contributed by atoms with E-state index < -0.39 is 35.8 Å². The SMILES string of the molecule is Nc1ccc(N=Nc2c(NCSOOO)ccc3cc(S(=O)(=O)O)cc(O)c23)c(S(=O)(=O)O)c1. The highest BCUT2D eigenvalue weighted by Gasteiger charge is 2.19. The van der Waals surface area contributed by atoms with Gasteiger partial charge in [-0.05, 0) is 35.7 Å². The van der Waals surface area contributed by atoms with Crippen molar-refractivity contribution in [3.05, 3.63) is 42.5 Å². The van der Waals surface area contributed by atoms with Crippen LogP contribution in [0.5, 0.6) is 5.75 Å². The predicted molar refractivity (Wildman–Crippen MR) is 121 cm³/mol. The molecule has 0 aromatic heterocycles. The number of rotatable bonds is 9. The zero-order chi connectivity index (χ0) is 25.1. The fourth-order valence-corrected chi connectivity index (χ4v) is 4.37. The van der Waals surface area contributed by atoms with E-state index in [0.717, 1.165) is 18.2 Å². The second-order valence-corrected chi connectivity index (χ2v) is 9.93. The van der Waals surface area contributed by atoms with Crippen molar-refractivity contribution in [1.82, 2.24) is 0 Å². The van der Waals surface area contributed by atoms with Crippen molar-refractivity contribution < 1.29 is 45.7 Å². The van der Waals surface area contributed by atoms with Crippen molar-refractivity contribution in [1.29, 1.82) is 0 Å². The molecule has 0 saturated heterocycles. The topological polar surface area (TPSA) is 230 Å². The molecule has 182 valence electrons. The van der Waals surface area contributed by atoms with Gasteiger partial charge >= 0.3 is 0 Å². The molecule has 0 bridgehead atoms. The molecule has 0 amide bonds. The molecule has 0 aliphatic heterocycles. The van der Waals surface area contributed by atoms with E-state index in [4.69, 9.17) is 11.0 Å². The van der Waals surface area contributed by atoms with E-state index in [2.05, 4.69) is 24.9 Å². The van der Waals surface area contributed by atoms with Gasteiger partial charge in [0, 0.05) is 11.8 Å². The van der Waals surface area contributed by atoms with Crippen molar-refractivity contribution in [3.8, 4) is 5.75 Å². The summed E-state index contributed by atoms with van der Waals surface area (Å²) in [6, 6.07) is 8.21. The van der Waals surface area contributed by atoms with Crippen LogP contribution in [0, 0.1) is 0 Å². The van der Waals surface area contributed by atoms with Crippen molar-refractivity contribution in [2.24, 2.45) is 10.2 Å². The Morgan fingerprint density at radius 3 is 2.38 bits per heavy atom. The molecule has 0 heterocycles. The number of fused-ring (bicyclic) bond motifs is 1. The highest BCUT2D eigenvalue weighted by molar-refractivity contribution is 7.94. The van der Waals surface area contributed by atoms with Crippen LogP contribution in [-0.4, -0.2) is 42.2 Å². The first kappa shape index (κ1) is 25.6. The van der Waals surface area contributed by atoms with Gasteiger partial charge in [-0.25, -0.2) is 5.26 Å². The Morgan fingerprint density at radius 1 is 1.00 bits per heavy atom. The maximum atomic E-state index is 11.7. The third-order valence-electron chi connectivity index (χ3n) is 4.26. The van der Waals surface area contributed by atoms with Crippen molar-refractivity contribution in [3.63, 3.8) is 0 Å². The Hall–Kier alpha value is -3.03. The highest BCUT2D eigenvalue weighted by atomic mass is 32.2. The lowest BCUT2D eigenvalue weighted by atomic mass is 10.1. The average Bonchev–Trinajstić information content (AvgIpc) is 2.74. The Bertz CT molecular complexity index is 1480. The fourth-order valence-electron chi connectivity index (χ4n) is 2.87. The van der Waals surface area contributed by atoms with Crippen molar-refractivity contribution in [2.75, 3.05) is 16.9 Å². The van der Waals surface area contributed by atoms with Crippen LogP contribution in [0.1, 0.15) is 0 Å². The lowest BCUT2D eigenvalue weighted by molar-refractivity contribution is -0.432. The number of hydrogen-bond donors (Lipinski definition) is 6. The minimum absolute atomic E-state index is 0.00525. The molecule has 0 saturated carbocycles. The Labute approximate surface area is 196 Å². The molecule has 0 unspecified atom stereocenters. The summed E-state index contributed by atoms with van der Waals surface area (Å²) < 4.78 is 69.4. The number of aromatic hydroxyl groups is 1. The van der Waals surface area contributed by atoms with Gasteiger partial charge in [0.25, 0.3) is 20.2 Å².